The van der Waals surface area contributed by atoms with Gasteiger partial charge in [-0.05, 0) is 31.5 Å². The summed E-state index contributed by atoms with van der Waals surface area (Å²) in [6.07, 6.45) is 2.09. The Morgan fingerprint density at radius 2 is 2.11 bits per heavy atom. The largest absolute Gasteiger partial charge is 0.361 e. The van der Waals surface area contributed by atoms with Crippen molar-refractivity contribution in [2.24, 2.45) is 5.73 Å². The van der Waals surface area contributed by atoms with Gasteiger partial charge in [-0.2, -0.15) is 0 Å². The number of nitrogens with zero attached hydrogens (tertiary/aromatic N) is 2. The molecule has 19 heavy (non-hydrogen) atoms. The molecule has 98 valence electrons. The molecule has 0 amide bonds. The van der Waals surface area contributed by atoms with Gasteiger partial charge >= 0.3 is 0 Å². The minimum Gasteiger partial charge on any atom is -0.361 e. The summed E-state index contributed by atoms with van der Waals surface area (Å²) in [6, 6.07) is 8.36. The summed E-state index contributed by atoms with van der Waals surface area (Å²) in [5.74, 6) is 0.884. The normalized spacial score (nSPS) is 11.3. The Balaban J connectivity index is 2.07. The Hall–Kier alpha value is -2.07. The van der Waals surface area contributed by atoms with E-state index in [2.05, 4.69) is 34.1 Å². The molecule has 2 aromatic heterocycles. The third-order valence-corrected chi connectivity index (χ3v) is 3.63. The van der Waals surface area contributed by atoms with Gasteiger partial charge in [0, 0.05) is 29.2 Å². The second kappa shape index (κ2) is 4.55. The third kappa shape index (κ3) is 1.94. The van der Waals surface area contributed by atoms with Gasteiger partial charge in [0.1, 0.15) is 5.76 Å². The molecular weight excluding hydrogens is 238 g/mol. The summed E-state index contributed by atoms with van der Waals surface area (Å²) >= 11 is 0. The third-order valence-electron chi connectivity index (χ3n) is 3.63. The molecule has 0 aliphatic heterocycles. The minimum atomic E-state index is 0.562. The lowest BCUT2D eigenvalue weighted by molar-refractivity contribution is 0.392. The molecular formula is C15H17N3O. The van der Waals surface area contributed by atoms with Crippen LogP contribution in [0.2, 0.25) is 0 Å². The van der Waals surface area contributed by atoms with Crippen LogP contribution >= 0.6 is 0 Å². The van der Waals surface area contributed by atoms with Gasteiger partial charge in [-0.3, -0.25) is 0 Å². The van der Waals surface area contributed by atoms with Crippen LogP contribution in [-0.2, 0) is 13.1 Å². The van der Waals surface area contributed by atoms with Gasteiger partial charge in [-0.15, -0.1) is 0 Å². The van der Waals surface area contributed by atoms with E-state index < -0.39 is 0 Å². The van der Waals surface area contributed by atoms with E-state index >= 15 is 0 Å². The highest BCUT2D eigenvalue weighted by Gasteiger charge is 2.11. The average Bonchev–Trinajstić information content (AvgIpc) is 2.97. The predicted octanol–water partition coefficient (Wildman–Crippen LogP) is 2.75. The van der Waals surface area contributed by atoms with Gasteiger partial charge < -0.3 is 14.8 Å². The van der Waals surface area contributed by atoms with Gasteiger partial charge in [0.05, 0.1) is 12.2 Å². The molecule has 2 N–H and O–H groups in total. The fourth-order valence-electron chi connectivity index (χ4n) is 2.50. The van der Waals surface area contributed by atoms with Crippen LogP contribution in [0, 0.1) is 13.8 Å². The first-order chi connectivity index (χ1) is 9.20. The van der Waals surface area contributed by atoms with Crippen molar-refractivity contribution in [1.82, 2.24) is 9.72 Å². The zero-order valence-electron chi connectivity index (χ0n) is 11.2. The van der Waals surface area contributed by atoms with Crippen LogP contribution in [0.4, 0.5) is 0 Å². The molecule has 0 saturated carbocycles. The van der Waals surface area contributed by atoms with Crippen LogP contribution in [0.15, 0.2) is 35.0 Å². The summed E-state index contributed by atoms with van der Waals surface area (Å²) in [5.41, 5.74) is 10.3. The second-order valence-electron chi connectivity index (χ2n) is 4.80. The lowest BCUT2D eigenvalue weighted by Crippen LogP contribution is -2.01. The average molecular weight is 255 g/mol. The van der Waals surface area contributed by atoms with Crippen LogP contribution in [0.3, 0.4) is 0 Å². The maximum absolute atomic E-state index is 5.78. The van der Waals surface area contributed by atoms with Crippen molar-refractivity contribution in [1.29, 1.82) is 0 Å². The Morgan fingerprint density at radius 1 is 1.26 bits per heavy atom. The van der Waals surface area contributed by atoms with Crippen LogP contribution in [0.1, 0.15) is 22.6 Å². The Labute approximate surface area is 111 Å². The zero-order chi connectivity index (χ0) is 13.4. The molecule has 0 fully saturated rings. The van der Waals surface area contributed by atoms with E-state index in [9.17, 15) is 0 Å². The second-order valence-corrected chi connectivity index (χ2v) is 4.80. The van der Waals surface area contributed by atoms with Crippen molar-refractivity contribution in [2.75, 3.05) is 0 Å². The van der Waals surface area contributed by atoms with Crippen LogP contribution in [0.5, 0.6) is 0 Å². The fraction of sp³-hybridized carbons (Fsp3) is 0.267. The van der Waals surface area contributed by atoms with Gasteiger partial charge in [0.2, 0.25) is 0 Å². The number of benzene rings is 1. The van der Waals surface area contributed by atoms with E-state index in [0.717, 1.165) is 23.6 Å². The molecule has 2 heterocycles. The van der Waals surface area contributed by atoms with Crippen molar-refractivity contribution >= 4 is 10.9 Å². The van der Waals surface area contributed by atoms with E-state index in [1.54, 1.807) is 0 Å². The van der Waals surface area contributed by atoms with Crippen molar-refractivity contribution in [3.8, 4) is 0 Å². The van der Waals surface area contributed by atoms with E-state index in [-0.39, 0.29) is 0 Å². The molecule has 3 rings (SSSR count). The Kier molecular flexibility index (Phi) is 2.87. The number of rotatable bonds is 3. The molecule has 0 unspecified atom stereocenters. The van der Waals surface area contributed by atoms with E-state index in [0.29, 0.717) is 6.54 Å². The first-order valence-electron chi connectivity index (χ1n) is 6.39. The Bertz CT molecular complexity index is 705. The van der Waals surface area contributed by atoms with Crippen molar-refractivity contribution in [2.45, 2.75) is 26.9 Å². The van der Waals surface area contributed by atoms with Crippen LogP contribution in [-0.4, -0.2) is 9.72 Å². The monoisotopic (exact) mass is 255 g/mol. The molecule has 1 aromatic carbocycles. The quantitative estimate of drug-likeness (QED) is 0.783. The number of aromatic nitrogens is 2. The summed E-state index contributed by atoms with van der Waals surface area (Å²) < 4.78 is 7.43. The maximum Gasteiger partial charge on any atom is 0.138 e. The topological polar surface area (TPSA) is 57.0 Å². The smallest absolute Gasteiger partial charge is 0.138 e. The SMILES string of the molecule is Cc1noc(C)c1Cn1ccc2c(CN)cccc21. The molecule has 0 saturated heterocycles. The highest BCUT2D eigenvalue weighted by molar-refractivity contribution is 5.83. The van der Waals surface area contributed by atoms with Crippen molar-refractivity contribution < 1.29 is 4.52 Å². The predicted molar refractivity (Wildman–Crippen MR) is 74.9 cm³/mol. The van der Waals surface area contributed by atoms with Crippen molar-refractivity contribution in [3.63, 3.8) is 0 Å². The number of fused-ring (bicyclic) bond motifs is 1. The van der Waals surface area contributed by atoms with Gasteiger partial charge in [0.25, 0.3) is 0 Å². The van der Waals surface area contributed by atoms with E-state index in [1.165, 1.54) is 16.5 Å². The minimum absolute atomic E-state index is 0.562. The molecule has 0 atom stereocenters. The molecule has 0 spiro atoms. The molecule has 0 bridgehead atoms. The lowest BCUT2D eigenvalue weighted by atomic mass is 10.1. The van der Waals surface area contributed by atoms with Crippen LogP contribution in [0.25, 0.3) is 10.9 Å². The zero-order valence-corrected chi connectivity index (χ0v) is 11.2. The molecule has 0 aliphatic rings. The molecule has 0 radical (unpaired) electrons. The number of nitrogens with two attached hydrogens (primary N) is 1. The first-order valence-corrected chi connectivity index (χ1v) is 6.39. The fourth-order valence-corrected chi connectivity index (χ4v) is 2.50. The highest BCUT2D eigenvalue weighted by atomic mass is 16.5. The van der Waals surface area contributed by atoms with Gasteiger partial charge in [0.15, 0.2) is 0 Å². The van der Waals surface area contributed by atoms with E-state index in [1.807, 2.05) is 19.9 Å². The van der Waals surface area contributed by atoms with Crippen molar-refractivity contribution in [3.05, 3.63) is 53.0 Å². The standard InChI is InChI=1S/C15H17N3O/c1-10-14(11(2)19-17-10)9-18-7-6-13-12(8-16)4-3-5-15(13)18/h3-7H,8-9,16H2,1-2H3. The number of hydrogen-bond acceptors (Lipinski definition) is 3. The lowest BCUT2D eigenvalue weighted by Gasteiger charge is -2.06. The highest BCUT2D eigenvalue weighted by Crippen LogP contribution is 2.22. The molecule has 4 heteroatoms. The van der Waals surface area contributed by atoms with Gasteiger partial charge in [-0.25, -0.2) is 0 Å². The van der Waals surface area contributed by atoms with Crippen LogP contribution < -0.4 is 5.73 Å². The van der Waals surface area contributed by atoms with Gasteiger partial charge in [-0.1, -0.05) is 17.3 Å². The summed E-state index contributed by atoms with van der Waals surface area (Å²) in [4.78, 5) is 0. The summed E-state index contributed by atoms with van der Waals surface area (Å²) in [5, 5.41) is 5.22. The molecule has 4 nitrogen and oxygen atoms in total. The summed E-state index contributed by atoms with van der Waals surface area (Å²) in [6.45, 7) is 5.26. The molecule has 0 aliphatic carbocycles. The number of hydrogen-bond donors (Lipinski definition) is 1. The molecule has 3 aromatic rings. The first kappa shape index (κ1) is 12.0. The number of aryl methyl sites for hydroxylation is 2. The Morgan fingerprint density at radius 3 is 2.79 bits per heavy atom. The van der Waals surface area contributed by atoms with E-state index in [4.69, 9.17) is 10.3 Å². The maximum atomic E-state index is 5.78. The summed E-state index contributed by atoms with van der Waals surface area (Å²) in [7, 11) is 0.